The van der Waals surface area contributed by atoms with Crippen LogP contribution in [0.15, 0.2) is 53.4 Å². The molecule has 0 saturated heterocycles. The fourth-order valence-electron chi connectivity index (χ4n) is 1.36. The lowest BCUT2D eigenvalue weighted by atomic mass is 10.3. The summed E-state index contributed by atoms with van der Waals surface area (Å²) in [4.78, 5) is 0.0311. The van der Waals surface area contributed by atoms with Gasteiger partial charge >= 0.3 is 0 Å². The van der Waals surface area contributed by atoms with Gasteiger partial charge in [-0.05, 0) is 59.0 Å². The van der Waals surface area contributed by atoms with Crippen molar-refractivity contribution >= 4 is 38.3 Å². The van der Waals surface area contributed by atoms with Gasteiger partial charge in [0, 0.05) is 3.57 Å². The highest BCUT2D eigenvalue weighted by atomic mass is 127. The Bertz CT molecular complexity index is 656. The monoisotopic (exact) mass is 377 g/mol. The van der Waals surface area contributed by atoms with Gasteiger partial charge < -0.3 is 0 Å². The highest BCUT2D eigenvalue weighted by Gasteiger charge is 2.15. The molecule has 0 aliphatic carbocycles. The minimum Gasteiger partial charge on any atom is -0.279 e. The second kappa shape index (κ2) is 5.23. The summed E-state index contributed by atoms with van der Waals surface area (Å²) in [5, 5.41) is 0. The van der Waals surface area contributed by atoms with Gasteiger partial charge in [0.2, 0.25) is 0 Å². The third kappa shape index (κ3) is 2.99. The van der Waals surface area contributed by atoms with E-state index >= 15 is 0 Å². The van der Waals surface area contributed by atoms with Crippen LogP contribution in [0.4, 0.5) is 10.1 Å². The van der Waals surface area contributed by atoms with E-state index < -0.39 is 15.8 Å². The second-order valence-corrected chi connectivity index (χ2v) is 6.38. The minimum atomic E-state index is -3.67. The number of sulfonamides is 1. The van der Waals surface area contributed by atoms with E-state index in [1.807, 2.05) is 28.7 Å². The summed E-state index contributed by atoms with van der Waals surface area (Å²) in [6, 6.07) is 11.7. The molecule has 0 aliphatic heterocycles. The van der Waals surface area contributed by atoms with Crippen molar-refractivity contribution in [2.24, 2.45) is 0 Å². The first-order valence-corrected chi connectivity index (χ1v) is 7.58. The summed E-state index contributed by atoms with van der Waals surface area (Å²) in [5.74, 6) is -0.469. The molecule has 0 amide bonds. The number of rotatable bonds is 3. The van der Waals surface area contributed by atoms with Crippen molar-refractivity contribution in [3.05, 3.63) is 57.9 Å². The SMILES string of the molecule is O=S(=O)(Nc1ccccc1I)c1ccc(F)cc1. The van der Waals surface area contributed by atoms with Crippen molar-refractivity contribution in [1.29, 1.82) is 0 Å². The molecule has 0 aliphatic rings. The number of hydrogen-bond acceptors (Lipinski definition) is 2. The summed E-state index contributed by atoms with van der Waals surface area (Å²) in [6.45, 7) is 0. The topological polar surface area (TPSA) is 46.2 Å². The summed E-state index contributed by atoms with van der Waals surface area (Å²) in [7, 11) is -3.67. The Hall–Kier alpha value is -1.15. The number of anilines is 1. The van der Waals surface area contributed by atoms with Gasteiger partial charge in [-0.2, -0.15) is 0 Å². The Balaban J connectivity index is 2.33. The van der Waals surface area contributed by atoms with Crippen molar-refractivity contribution in [2.75, 3.05) is 4.72 Å². The Morgan fingerprint density at radius 1 is 1.00 bits per heavy atom. The number of para-hydroxylation sites is 1. The van der Waals surface area contributed by atoms with Crippen molar-refractivity contribution in [1.82, 2.24) is 0 Å². The maximum Gasteiger partial charge on any atom is 0.261 e. The Kier molecular flexibility index (Phi) is 3.86. The molecule has 6 heteroatoms. The molecule has 2 aromatic rings. The van der Waals surface area contributed by atoms with E-state index in [-0.39, 0.29) is 4.90 Å². The van der Waals surface area contributed by atoms with Crippen LogP contribution in [0, 0.1) is 9.39 Å². The first-order chi connectivity index (χ1) is 8.49. The van der Waals surface area contributed by atoms with Crippen LogP contribution >= 0.6 is 22.6 Å². The van der Waals surface area contributed by atoms with E-state index in [1.165, 1.54) is 12.1 Å². The van der Waals surface area contributed by atoms with Crippen LogP contribution in [0.1, 0.15) is 0 Å². The van der Waals surface area contributed by atoms with Gasteiger partial charge in [0.15, 0.2) is 0 Å². The summed E-state index contributed by atoms with van der Waals surface area (Å²) in [6.07, 6.45) is 0. The van der Waals surface area contributed by atoms with E-state index in [1.54, 1.807) is 18.2 Å². The van der Waals surface area contributed by atoms with Gasteiger partial charge in [-0.25, -0.2) is 12.8 Å². The standard InChI is InChI=1S/C12H9FINO2S/c13-9-5-7-10(8-6-9)18(16,17)15-12-4-2-1-3-11(12)14/h1-8,15H. The fraction of sp³-hybridized carbons (Fsp3) is 0. The van der Waals surface area contributed by atoms with Gasteiger partial charge in [-0.3, -0.25) is 4.72 Å². The lowest BCUT2D eigenvalue weighted by molar-refractivity contribution is 0.599. The highest BCUT2D eigenvalue weighted by Crippen LogP contribution is 2.21. The first kappa shape index (κ1) is 13.3. The van der Waals surface area contributed by atoms with Crippen molar-refractivity contribution in [2.45, 2.75) is 4.90 Å². The van der Waals surface area contributed by atoms with Gasteiger partial charge in [0.1, 0.15) is 5.82 Å². The lowest BCUT2D eigenvalue weighted by Crippen LogP contribution is -2.13. The van der Waals surface area contributed by atoms with Gasteiger partial charge in [-0.1, -0.05) is 12.1 Å². The zero-order chi connectivity index (χ0) is 13.2. The maximum atomic E-state index is 12.7. The number of hydrogen-bond donors (Lipinski definition) is 1. The second-order valence-electron chi connectivity index (χ2n) is 3.54. The smallest absolute Gasteiger partial charge is 0.261 e. The molecule has 0 spiro atoms. The maximum absolute atomic E-state index is 12.7. The quantitative estimate of drug-likeness (QED) is 0.835. The van der Waals surface area contributed by atoms with Crippen LogP contribution in [-0.4, -0.2) is 8.42 Å². The van der Waals surface area contributed by atoms with E-state index in [2.05, 4.69) is 4.72 Å². The molecule has 0 radical (unpaired) electrons. The molecule has 0 unspecified atom stereocenters. The van der Waals surface area contributed by atoms with Crippen LogP contribution < -0.4 is 4.72 Å². The summed E-state index contributed by atoms with van der Waals surface area (Å²) < 4.78 is 40.1. The zero-order valence-electron chi connectivity index (χ0n) is 9.10. The average molecular weight is 377 g/mol. The van der Waals surface area contributed by atoms with Gasteiger partial charge in [-0.15, -0.1) is 0 Å². The molecule has 1 N–H and O–H groups in total. The van der Waals surface area contributed by atoms with E-state index in [4.69, 9.17) is 0 Å². The average Bonchev–Trinajstić information content (AvgIpc) is 2.32. The Morgan fingerprint density at radius 3 is 2.22 bits per heavy atom. The third-order valence-electron chi connectivity index (χ3n) is 2.24. The molecule has 0 heterocycles. The predicted octanol–water partition coefficient (Wildman–Crippen LogP) is 3.23. The van der Waals surface area contributed by atoms with Gasteiger partial charge in [0.25, 0.3) is 10.0 Å². The van der Waals surface area contributed by atoms with E-state index in [9.17, 15) is 12.8 Å². The Morgan fingerprint density at radius 2 is 1.61 bits per heavy atom. The number of benzene rings is 2. The predicted molar refractivity (Wildman–Crippen MR) is 76.4 cm³/mol. The van der Waals surface area contributed by atoms with Gasteiger partial charge in [0.05, 0.1) is 10.6 Å². The van der Waals surface area contributed by atoms with Crippen molar-refractivity contribution < 1.29 is 12.8 Å². The van der Waals surface area contributed by atoms with Crippen LogP contribution in [-0.2, 0) is 10.0 Å². The molecule has 0 saturated carbocycles. The normalized spacial score (nSPS) is 11.2. The molecule has 0 atom stereocenters. The molecular weight excluding hydrogens is 368 g/mol. The lowest BCUT2D eigenvalue weighted by Gasteiger charge is -2.09. The van der Waals surface area contributed by atoms with Crippen LogP contribution in [0.3, 0.4) is 0 Å². The molecule has 2 rings (SSSR count). The largest absolute Gasteiger partial charge is 0.279 e. The highest BCUT2D eigenvalue weighted by molar-refractivity contribution is 14.1. The van der Waals surface area contributed by atoms with Crippen molar-refractivity contribution in [3.8, 4) is 0 Å². The zero-order valence-corrected chi connectivity index (χ0v) is 12.1. The minimum absolute atomic E-state index is 0.0311. The molecule has 0 fully saturated rings. The molecule has 94 valence electrons. The fourth-order valence-corrected chi connectivity index (χ4v) is 3.15. The Labute approximate surface area is 118 Å². The molecule has 0 aromatic heterocycles. The molecule has 2 aromatic carbocycles. The van der Waals surface area contributed by atoms with E-state index in [0.717, 1.165) is 15.7 Å². The molecule has 0 bridgehead atoms. The summed E-state index contributed by atoms with van der Waals surface area (Å²) in [5.41, 5.74) is 0.502. The molecule has 18 heavy (non-hydrogen) atoms. The van der Waals surface area contributed by atoms with Crippen LogP contribution in [0.25, 0.3) is 0 Å². The summed E-state index contributed by atoms with van der Waals surface area (Å²) >= 11 is 2.04. The number of halogens is 2. The molecule has 3 nitrogen and oxygen atoms in total. The molecular formula is C12H9FINO2S. The van der Waals surface area contributed by atoms with E-state index in [0.29, 0.717) is 5.69 Å². The van der Waals surface area contributed by atoms with Crippen LogP contribution in [0.5, 0.6) is 0 Å². The first-order valence-electron chi connectivity index (χ1n) is 5.02. The van der Waals surface area contributed by atoms with Crippen molar-refractivity contribution in [3.63, 3.8) is 0 Å². The van der Waals surface area contributed by atoms with Crippen LogP contribution in [0.2, 0.25) is 0 Å². The number of nitrogens with one attached hydrogen (secondary N) is 1. The third-order valence-corrected chi connectivity index (χ3v) is 4.56.